The van der Waals surface area contributed by atoms with Crippen LogP contribution in [0.3, 0.4) is 0 Å². The Morgan fingerprint density at radius 3 is 2.39 bits per heavy atom. The predicted molar refractivity (Wildman–Crippen MR) is 143 cm³/mol. The largest absolute Gasteiger partial charge is 0.445 e. The molecule has 0 saturated carbocycles. The van der Waals surface area contributed by atoms with E-state index in [4.69, 9.17) is 9.47 Å². The third-order valence-electron chi connectivity index (χ3n) is 6.32. The number of rotatable bonds is 3. The molecule has 0 spiro atoms. The second-order valence-corrected chi connectivity index (χ2v) is 10.0. The van der Waals surface area contributed by atoms with Crippen molar-refractivity contribution in [3.05, 3.63) is 89.1 Å². The highest BCUT2D eigenvalue weighted by molar-refractivity contribution is 5.95. The minimum atomic E-state index is -0.610. The van der Waals surface area contributed by atoms with E-state index in [0.717, 1.165) is 38.9 Å². The number of hydrogen-bond acceptors (Lipinski definition) is 4. The molecule has 188 valence electrons. The molecule has 6 nitrogen and oxygen atoms in total. The molecule has 0 bridgehead atoms. The van der Waals surface area contributed by atoms with Crippen molar-refractivity contribution in [2.24, 2.45) is 0 Å². The number of para-hydroxylation sites is 1. The van der Waals surface area contributed by atoms with E-state index in [9.17, 15) is 9.59 Å². The second-order valence-electron chi connectivity index (χ2n) is 10.0. The summed E-state index contributed by atoms with van der Waals surface area (Å²) in [5.41, 5.74) is 5.16. The van der Waals surface area contributed by atoms with Crippen LogP contribution in [-0.4, -0.2) is 40.3 Å². The normalized spacial score (nSPS) is 16.8. The highest BCUT2D eigenvalue weighted by Crippen LogP contribution is 2.34. The molecule has 0 atom stereocenters. The van der Waals surface area contributed by atoms with Crippen molar-refractivity contribution in [2.75, 3.05) is 13.1 Å². The highest BCUT2D eigenvalue weighted by atomic mass is 16.6. The van der Waals surface area contributed by atoms with Crippen LogP contribution in [0.2, 0.25) is 0 Å². The van der Waals surface area contributed by atoms with Crippen LogP contribution >= 0.6 is 0 Å². The summed E-state index contributed by atoms with van der Waals surface area (Å²) in [5.74, 6) is 0. The van der Waals surface area contributed by atoms with Crippen molar-refractivity contribution in [2.45, 2.75) is 53.2 Å². The van der Waals surface area contributed by atoms with Crippen molar-refractivity contribution >= 4 is 28.7 Å². The fourth-order valence-corrected chi connectivity index (χ4v) is 4.54. The Balaban J connectivity index is 1.61. The lowest BCUT2D eigenvalue weighted by Crippen LogP contribution is -2.38. The summed E-state index contributed by atoms with van der Waals surface area (Å²) in [4.78, 5) is 27.8. The first-order valence-electron chi connectivity index (χ1n) is 12.3. The first kappa shape index (κ1) is 25.3. The Labute approximate surface area is 212 Å². The van der Waals surface area contributed by atoms with Gasteiger partial charge in [-0.05, 0) is 75.5 Å². The number of aromatic nitrogens is 1. The van der Waals surface area contributed by atoms with Gasteiger partial charge in [-0.25, -0.2) is 14.2 Å². The van der Waals surface area contributed by atoms with Gasteiger partial charge < -0.3 is 14.4 Å². The van der Waals surface area contributed by atoms with E-state index in [1.807, 2.05) is 101 Å². The Morgan fingerprint density at radius 2 is 1.69 bits per heavy atom. The monoisotopic (exact) mass is 486 g/mol. The van der Waals surface area contributed by atoms with Crippen LogP contribution in [0.5, 0.6) is 0 Å². The van der Waals surface area contributed by atoms with Gasteiger partial charge in [-0.1, -0.05) is 54.6 Å². The Morgan fingerprint density at radius 1 is 1.00 bits per heavy atom. The van der Waals surface area contributed by atoms with E-state index in [-0.39, 0.29) is 12.7 Å². The molecule has 2 heterocycles. The van der Waals surface area contributed by atoms with Gasteiger partial charge in [0, 0.05) is 18.5 Å². The van der Waals surface area contributed by atoms with Gasteiger partial charge in [-0.15, -0.1) is 0 Å². The van der Waals surface area contributed by atoms with Gasteiger partial charge >= 0.3 is 12.2 Å². The number of amides is 1. The average molecular weight is 487 g/mol. The molecule has 6 heteroatoms. The van der Waals surface area contributed by atoms with Crippen molar-refractivity contribution in [3.8, 4) is 0 Å². The van der Waals surface area contributed by atoms with Gasteiger partial charge in [0.1, 0.15) is 12.2 Å². The van der Waals surface area contributed by atoms with E-state index < -0.39 is 11.7 Å². The molecule has 0 N–H and O–H groups in total. The molecule has 1 aliphatic rings. The SMILES string of the molecule is C/C=C1\CN(C(=O)OCc2ccccc2)CC\C1=C(/C)c1cc2ccccc2n1C(=O)OC(C)(C)C. The van der Waals surface area contributed by atoms with Crippen molar-refractivity contribution < 1.29 is 19.1 Å². The van der Waals surface area contributed by atoms with Crippen LogP contribution in [0.1, 0.15) is 52.3 Å². The number of carbonyl (C=O) groups is 2. The fourth-order valence-electron chi connectivity index (χ4n) is 4.54. The summed E-state index contributed by atoms with van der Waals surface area (Å²) in [5, 5.41) is 0.974. The predicted octanol–water partition coefficient (Wildman–Crippen LogP) is 7.19. The number of benzene rings is 2. The van der Waals surface area contributed by atoms with Gasteiger partial charge in [0.05, 0.1) is 11.2 Å². The van der Waals surface area contributed by atoms with Gasteiger partial charge in [0.15, 0.2) is 0 Å². The first-order chi connectivity index (χ1) is 17.2. The summed E-state index contributed by atoms with van der Waals surface area (Å²) in [6, 6.07) is 19.5. The van der Waals surface area contributed by atoms with Gasteiger partial charge in [0.2, 0.25) is 0 Å². The highest BCUT2D eigenvalue weighted by Gasteiger charge is 2.28. The van der Waals surface area contributed by atoms with E-state index in [1.54, 1.807) is 9.47 Å². The number of nitrogens with zero attached hydrogens (tertiary/aromatic N) is 2. The topological polar surface area (TPSA) is 60.8 Å². The van der Waals surface area contributed by atoms with Gasteiger partial charge in [-0.2, -0.15) is 0 Å². The maximum Gasteiger partial charge on any atom is 0.419 e. The van der Waals surface area contributed by atoms with Crippen LogP contribution in [0, 0.1) is 0 Å². The van der Waals surface area contributed by atoms with Crippen molar-refractivity contribution in [1.29, 1.82) is 0 Å². The van der Waals surface area contributed by atoms with E-state index >= 15 is 0 Å². The average Bonchev–Trinajstić information content (AvgIpc) is 3.26. The number of allylic oxidation sites excluding steroid dienone is 2. The molecule has 1 aliphatic heterocycles. The molecule has 1 aromatic heterocycles. The zero-order chi connectivity index (χ0) is 25.9. The standard InChI is InChI=1S/C30H34N2O4/c1-6-23-19-31(28(33)35-20-22-12-8-7-9-13-22)17-16-25(23)21(2)27-18-24-14-10-11-15-26(24)32(27)29(34)36-30(3,4)5/h6-15,18H,16-17,19-20H2,1-5H3/b23-6+,25-21-. The van der Waals surface area contributed by atoms with Crippen molar-refractivity contribution in [3.63, 3.8) is 0 Å². The summed E-state index contributed by atoms with van der Waals surface area (Å²) >= 11 is 0. The van der Waals surface area contributed by atoms with Crippen LogP contribution in [0.15, 0.2) is 77.9 Å². The van der Waals surface area contributed by atoms with Crippen LogP contribution < -0.4 is 0 Å². The minimum Gasteiger partial charge on any atom is -0.445 e. The molecule has 1 fully saturated rings. The molecule has 1 amide bonds. The number of hydrogen-bond donors (Lipinski definition) is 0. The molecular weight excluding hydrogens is 452 g/mol. The minimum absolute atomic E-state index is 0.249. The van der Waals surface area contributed by atoms with Crippen LogP contribution in [0.4, 0.5) is 9.59 Å². The smallest absolute Gasteiger partial charge is 0.419 e. The maximum absolute atomic E-state index is 13.3. The summed E-state index contributed by atoms with van der Waals surface area (Å²) in [7, 11) is 0. The van der Waals surface area contributed by atoms with E-state index in [2.05, 4.69) is 0 Å². The van der Waals surface area contributed by atoms with Crippen molar-refractivity contribution in [1.82, 2.24) is 9.47 Å². The number of fused-ring (bicyclic) bond motifs is 1. The lowest BCUT2D eigenvalue weighted by Gasteiger charge is -2.31. The number of carbonyl (C=O) groups excluding carboxylic acids is 2. The number of likely N-dealkylation sites (tertiary alicyclic amines) is 1. The molecular formula is C30H34N2O4. The summed E-state index contributed by atoms with van der Waals surface area (Å²) < 4.78 is 13.0. The van der Waals surface area contributed by atoms with Gasteiger partial charge in [-0.3, -0.25) is 0 Å². The zero-order valence-electron chi connectivity index (χ0n) is 21.7. The molecule has 36 heavy (non-hydrogen) atoms. The summed E-state index contributed by atoms with van der Waals surface area (Å²) in [6.45, 7) is 10.9. The third-order valence-corrected chi connectivity index (χ3v) is 6.32. The molecule has 1 saturated heterocycles. The number of ether oxygens (including phenoxy) is 2. The quantitative estimate of drug-likeness (QED) is 0.393. The van der Waals surface area contributed by atoms with Crippen LogP contribution in [-0.2, 0) is 16.1 Å². The fraction of sp³-hybridized carbons (Fsp3) is 0.333. The molecule has 4 rings (SSSR count). The molecule has 0 unspecified atom stereocenters. The Kier molecular flexibility index (Phi) is 7.34. The lowest BCUT2D eigenvalue weighted by molar-refractivity contribution is 0.0543. The second kappa shape index (κ2) is 10.4. The molecule has 3 aromatic rings. The maximum atomic E-state index is 13.3. The van der Waals surface area contributed by atoms with Crippen LogP contribution in [0.25, 0.3) is 16.5 Å². The molecule has 0 aliphatic carbocycles. The van der Waals surface area contributed by atoms with E-state index in [0.29, 0.717) is 19.5 Å². The third kappa shape index (κ3) is 5.54. The molecule has 0 radical (unpaired) electrons. The number of piperidine rings is 1. The Bertz CT molecular complexity index is 1330. The van der Waals surface area contributed by atoms with E-state index in [1.165, 1.54) is 0 Å². The summed E-state index contributed by atoms with van der Waals surface area (Å²) in [6.07, 6.45) is 1.98. The first-order valence-corrected chi connectivity index (χ1v) is 12.3. The Hall–Kier alpha value is -3.80. The lowest BCUT2D eigenvalue weighted by atomic mass is 9.92. The molecule has 2 aromatic carbocycles. The van der Waals surface area contributed by atoms with Gasteiger partial charge in [0.25, 0.3) is 0 Å². The zero-order valence-corrected chi connectivity index (χ0v) is 21.7.